The lowest BCUT2D eigenvalue weighted by Gasteiger charge is -1.99. The molecule has 0 aliphatic rings. The average molecular weight is 331 g/mol. The van der Waals surface area contributed by atoms with Crippen LogP contribution in [0.4, 0.5) is 0 Å². The van der Waals surface area contributed by atoms with Crippen LogP contribution in [0.25, 0.3) is 21.5 Å². The van der Waals surface area contributed by atoms with Crippen molar-refractivity contribution < 1.29 is 0 Å². The third-order valence-corrected chi connectivity index (χ3v) is 4.73. The lowest BCUT2D eigenvalue weighted by Crippen LogP contribution is -1.75. The van der Waals surface area contributed by atoms with Crippen molar-refractivity contribution in [2.24, 2.45) is 0 Å². The number of hydrogen-bond acceptors (Lipinski definition) is 1. The van der Waals surface area contributed by atoms with Gasteiger partial charge in [-0.05, 0) is 41.5 Å². The van der Waals surface area contributed by atoms with Crippen LogP contribution in [0, 0.1) is 0 Å². The van der Waals surface area contributed by atoms with Gasteiger partial charge in [-0.15, -0.1) is 11.3 Å². The Morgan fingerprint density at radius 1 is 0.857 bits per heavy atom. The van der Waals surface area contributed by atoms with Crippen LogP contribution in [0.2, 0.25) is 5.02 Å². The smallest absolute Gasteiger partial charge is 0.0492 e. The molecule has 0 saturated heterocycles. The van der Waals surface area contributed by atoms with Gasteiger partial charge in [0.2, 0.25) is 0 Å². The van der Waals surface area contributed by atoms with Gasteiger partial charge in [0.25, 0.3) is 0 Å². The fraction of sp³-hybridized carbons (Fsp3) is 0. The van der Waals surface area contributed by atoms with E-state index in [0.717, 1.165) is 10.4 Å². The summed E-state index contributed by atoms with van der Waals surface area (Å²) in [6.07, 6.45) is 1.99. The van der Waals surface area contributed by atoms with Crippen molar-refractivity contribution in [1.29, 1.82) is 0 Å². The first-order valence-corrected chi connectivity index (χ1v) is 8.08. The van der Waals surface area contributed by atoms with Crippen molar-refractivity contribution in [3.05, 3.63) is 82.2 Å². The third kappa shape index (κ3) is 3.56. The molecule has 0 aliphatic heterocycles. The minimum atomic E-state index is 0.714. The van der Waals surface area contributed by atoms with Gasteiger partial charge in [0.1, 0.15) is 0 Å². The van der Waals surface area contributed by atoms with Gasteiger partial charge in [-0.2, -0.15) is 0 Å². The Hall–Kier alpha value is -1.54. The fourth-order valence-electron chi connectivity index (χ4n) is 2.01. The minimum Gasteiger partial charge on any atom is -0.136 e. The zero-order chi connectivity index (χ0) is 14.7. The Kier molecular flexibility index (Phi) is 4.45. The molecule has 0 amide bonds. The predicted octanol–water partition coefficient (Wildman–Crippen LogP) is 6.81. The van der Waals surface area contributed by atoms with Crippen molar-refractivity contribution in [3.8, 4) is 10.4 Å². The summed E-state index contributed by atoms with van der Waals surface area (Å²) in [7, 11) is 0. The van der Waals surface area contributed by atoms with E-state index in [1.807, 2.05) is 48.5 Å². The van der Waals surface area contributed by atoms with E-state index in [9.17, 15) is 0 Å². The molecule has 0 unspecified atom stereocenters. The maximum atomic E-state index is 6.37. The second-order valence-electron chi connectivity index (χ2n) is 4.57. The summed E-state index contributed by atoms with van der Waals surface area (Å²) in [5, 5.41) is 1.43. The summed E-state index contributed by atoms with van der Waals surface area (Å²) >= 11 is 14.0. The van der Waals surface area contributed by atoms with Crippen molar-refractivity contribution in [2.75, 3.05) is 0 Å². The topological polar surface area (TPSA) is 0 Å². The minimum absolute atomic E-state index is 0.714. The van der Waals surface area contributed by atoms with Gasteiger partial charge >= 0.3 is 0 Å². The van der Waals surface area contributed by atoms with Gasteiger partial charge < -0.3 is 0 Å². The number of rotatable bonds is 3. The Labute approximate surface area is 138 Å². The van der Waals surface area contributed by atoms with Gasteiger partial charge in [0, 0.05) is 19.8 Å². The molecule has 0 bridgehead atoms. The zero-order valence-electron chi connectivity index (χ0n) is 11.1. The van der Waals surface area contributed by atoms with Crippen LogP contribution in [0.15, 0.2) is 66.7 Å². The second-order valence-corrected chi connectivity index (χ2v) is 6.53. The van der Waals surface area contributed by atoms with Crippen LogP contribution in [0.3, 0.4) is 0 Å². The van der Waals surface area contributed by atoms with Gasteiger partial charge in [-0.1, -0.05) is 65.7 Å². The molecule has 21 heavy (non-hydrogen) atoms. The molecular weight excluding hydrogens is 319 g/mol. The highest BCUT2D eigenvalue weighted by Gasteiger charge is 2.03. The highest BCUT2D eigenvalue weighted by atomic mass is 35.5. The number of thiophene rings is 1. The molecule has 0 spiro atoms. The standard InChI is InChI=1S/C18H12Cl2S/c19-15-8-6-13(7-9-15)17(20)12-16-10-11-18(21-16)14-4-2-1-3-5-14/h1-12H/b17-12-. The summed E-state index contributed by atoms with van der Waals surface area (Å²) in [6, 6.07) is 22.1. The van der Waals surface area contributed by atoms with E-state index in [-0.39, 0.29) is 0 Å². The lowest BCUT2D eigenvalue weighted by molar-refractivity contribution is 1.65. The van der Waals surface area contributed by atoms with E-state index in [4.69, 9.17) is 23.2 Å². The molecule has 2 aromatic carbocycles. The monoisotopic (exact) mass is 330 g/mol. The molecule has 1 aromatic heterocycles. The summed E-state index contributed by atoms with van der Waals surface area (Å²) in [5.74, 6) is 0. The first kappa shape index (κ1) is 14.4. The molecular formula is C18H12Cl2S. The van der Waals surface area contributed by atoms with E-state index >= 15 is 0 Å². The molecule has 0 aliphatic carbocycles. The maximum Gasteiger partial charge on any atom is 0.0492 e. The molecule has 0 radical (unpaired) electrons. The Morgan fingerprint density at radius 2 is 1.57 bits per heavy atom. The molecule has 0 N–H and O–H groups in total. The Morgan fingerprint density at radius 3 is 2.29 bits per heavy atom. The van der Waals surface area contributed by atoms with Crippen LogP contribution in [0.1, 0.15) is 10.4 Å². The Balaban J connectivity index is 1.86. The summed E-state index contributed by atoms with van der Waals surface area (Å²) in [6.45, 7) is 0. The van der Waals surface area contributed by atoms with E-state index in [2.05, 4.69) is 24.3 Å². The molecule has 0 saturated carbocycles. The van der Waals surface area contributed by atoms with Crippen molar-refractivity contribution in [1.82, 2.24) is 0 Å². The van der Waals surface area contributed by atoms with Crippen LogP contribution in [0.5, 0.6) is 0 Å². The van der Waals surface area contributed by atoms with Crippen LogP contribution >= 0.6 is 34.5 Å². The molecule has 1 heterocycles. The maximum absolute atomic E-state index is 6.37. The molecule has 3 heteroatoms. The van der Waals surface area contributed by atoms with E-state index in [0.29, 0.717) is 10.1 Å². The first-order chi connectivity index (χ1) is 10.2. The van der Waals surface area contributed by atoms with Gasteiger partial charge in [-0.3, -0.25) is 0 Å². The largest absolute Gasteiger partial charge is 0.136 e. The van der Waals surface area contributed by atoms with Crippen molar-refractivity contribution in [2.45, 2.75) is 0 Å². The number of benzene rings is 2. The second kappa shape index (κ2) is 6.48. The van der Waals surface area contributed by atoms with Gasteiger partial charge in [0.05, 0.1) is 0 Å². The highest BCUT2D eigenvalue weighted by molar-refractivity contribution is 7.16. The normalized spacial score (nSPS) is 11.6. The molecule has 3 rings (SSSR count). The summed E-state index contributed by atoms with van der Waals surface area (Å²) in [5.41, 5.74) is 2.19. The van der Waals surface area contributed by atoms with E-state index in [1.54, 1.807) is 11.3 Å². The molecule has 0 atom stereocenters. The molecule has 3 aromatic rings. The fourth-order valence-corrected chi connectivity index (χ4v) is 3.40. The van der Waals surface area contributed by atoms with Crippen molar-refractivity contribution in [3.63, 3.8) is 0 Å². The van der Waals surface area contributed by atoms with Crippen LogP contribution < -0.4 is 0 Å². The lowest BCUT2D eigenvalue weighted by atomic mass is 10.2. The first-order valence-electron chi connectivity index (χ1n) is 6.51. The average Bonchev–Trinajstić information content (AvgIpc) is 2.97. The number of hydrogen-bond donors (Lipinski definition) is 0. The quantitative estimate of drug-likeness (QED) is 0.495. The third-order valence-electron chi connectivity index (χ3n) is 3.07. The van der Waals surface area contributed by atoms with Crippen LogP contribution in [-0.2, 0) is 0 Å². The number of halogens is 2. The SMILES string of the molecule is Cl/C(=C\c1ccc(-c2ccccc2)s1)c1ccc(Cl)cc1. The predicted molar refractivity (Wildman–Crippen MR) is 94.9 cm³/mol. The zero-order valence-corrected chi connectivity index (χ0v) is 13.4. The van der Waals surface area contributed by atoms with Crippen molar-refractivity contribution >= 4 is 45.6 Å². The van der Waals surface area contributed by atoms with E-state index < -0.39 is 0 Å². The molecule has 104 valence electrons. The summed E-state index contributed by atoms with van der Waals surface area (Å²) < 4.78 is 0. The van der Waals surface area contributed by atoms with Gasteiger partial charge in [0.15, 0.2) is 0 Å². The van der Waals surface area contributed by atoms with E-state index in [1.165, 1.54) is 10.4 Å². The summed E-state index contributed by atoms with van der Waals surface area (Å²) in [4.78, 5) is 2.37. The highest BCUT2D eigenvalue weighted by Crippen LogP contribution is 2.31. The Bertz CT molecular complexity index is 755. The molecule has 0 fully saturated rings. The molecule has 0 nitrogen and oxygen atoms in total. The van der Waals surface area contributed by atoms with Crippen LogP contribution in [-0.4, -0.2) is 0 Å². The van der Waals surface area contributed by atoms with Gasteiger partial charge in [-0.25, -0.2) is 0 Å².